The maximum absolute atomic E-state index is 13.1. The lowest BCUT2D eigenvalue weighted by Crippen LogP contribution is -2.37. The maximum Gasteiger partial charge on any atom is 0.328 e. The van der Waals surface area contributed by atoms with Gasteiger partial charge in [-0.3, -0.25) is 9.59 Å². The van der Waals surface area contributed by atoms with Gasteiger partial charge in [0.05, 0.1) is 23.2 Å². The third kappa shape index (κ3) is 9.75. The standard InChI is InChI=1S/C28H32N2O6S2/c1-17(2)21(13-15-25(31)32)29-27(35)19-9-5-7-11-23(19)37-38-24-12-8-6-10-20(24)28(36)30-22(18(3)4)14-16-26(33)34/h5-18,21-22H,1-4H3,(H,29,35)(H,30,36)(H,31,32)(H,33,34)/b15-13+,16-14+/t21-,22-/m1/s1. The molecule has 2 aromatic rings. The third-order valence-electron chi connectivity index (χ3n) is 5.41. The van der Waals surface area contributed by atoms with E-state index in [0.717, 1.165) is 12.2 Å². The van der Waals surface area contributed by atoms with Crippen molar-refractivity contribution in [2.75, 3.05) is 0 Å². The Balaban J connectivity index is 2.21. The summed E-state index contributed by atoms with van der Waals surface area (Å²) in [4.78, 5) is 49.4. The number of carboxylic acids is 2. The fraction of sp³-hybridized carbons (Fsp3) is 0.286. The van der Waals surface area contributed by atoms with Gasteiger partial charge in [-0.05, 0) is 36.1 Å². The van der Waals surface area contributed by atoms with E-state index in [9.17, 15) is 19.2 Å². The number of rotatable bonds is 13. The summed E-state index contributed by atoms with van der Waals surface area (Å²) >= 11 is 0. The minimum Gasteiger partial charge on any atom is -0.478 e. The van der Waals surface area contributed by atoms with Crippen LogP contribution in [0.15, 0.2) is 82.6 Å². The number of carboxylic acid groups (broad SMARTS) is 2. The molecule has 0 aliphatic rings. The van der Waals surface area contributed by atoms with Crippen LogP contribution >= 0.6 is 21.6 Å². The molecule has 2 atom stereocenters. The number of benzene rings is 2. The van der Waals surface area contributed by atoms with Crippen molar-refractivity contribution in [2.45, 2.75) is 49.6 Å². The molecule has 38 heavy (non-hydrogen) atoms. The first-order valence-electron chi connectivity index (χ1n) is 12.0. The summed E-state index contributed by atoms with van der Waals surface area (Å²) in [5.41, 5.74) is 0.861. The van der Waals surface area contributed by atoms with Gasteiger partial charge in [-0.2, -0.15) is 0 Å². The fourth-order valence-electron chi connectivity index (χ4n) is 3.25. The normalized spacial score (nSPS) is 13.1. The van der Waals surface area contributed by atoms with Crippen LogP contribution in [0, 0.1) is 11.8 Å². The summed E-state index contributed by atoms with van der Waals surface area (Å²) in [5, 5.41) is 23.7. The Bertz CT molecular complexity index is 1120. The Labute approximate surface area is 230 Å². The fourth-order valence-corrected chi connectivity index (χ4v) is 5.61. The number of carbonyl (C=O) groups is 4. The zero-order valence-electron chi connectivity index (χ0n) is 21.6. The highest BCUT2D eigenvalue weighted by atomic mass is 33.1. The average molecular weight is 557 g/mol. The average Bonchev–Trinajstić information content (AvgIpc) is 2.87. The molecule has 10 heteroatoms. The second-order valence-corrected chi connectivity index (χ2v) is 11.3. The molecule has 2 rings (SSSR count). The zero-order chi connectivity index (χ0) is 28.2. The molecule has 0 aliphatic carbocycles. The first-order chi connectivity index (χ1) is 18.0. The first kappa shape index (κ1) is 30.7. The second kappa shape index (κ2) is 15.0. The van der Waals surface area contributed by atoms with E-state index in [-0.39, 0.29) is 23.7 Å². The molecule has 0 fully saturated rings. The van der Waals surface area contributed by atoms with Crippen LogP contribution in [0.1, 0.15) is 48.4 Å². The van der Waals surface area contributed by atoms with Gasteiger partial charge < -0.3 is 20.8 Å². The van der Waals surface area contributed by atoms with Crippen LogP contribution < -0.4 is 10.6 Å². The molecule has 2 aromatic carbocycles. The molecular weight excluding hydrogens is 524 g/mol. The molecule has 0 aromatic heterocycles. The summed E-state index contributed by atoms with van der Waals surface area (Å²) in [5.74, 6) is -2.88. The maximum atomic E-state index is 13.1. The summed E-state index contributed by atoms with van der Waals surface area (Å²) in [6, 6.07) is 13.2. The van der Waals surface area contributed by atoms with Crippen LogP contribution in [0.4, 0.5) is 0 Å². The number of carbonyl (C=O) groups excluding carboxylic acids is 2. The van der Waals surface area contributed by atoms with E-state index in [1.54, 1.807) is 36.4 Å². The summed E-state index contributed by atoms with van der Waals surface area (Å²) in [6.07, 6.45) is 4.95. The van der Waals surface area contributed by atoms with Crippen molar-refractivity contribution < 1.29 is 29.4 Å². The van der Waals surface area contributed by atoms with Gasteiger partial charge in [0.1, 0.15) is 0 Å². The number of hydrogen-bond acceptors (Lipinski definition) is 6. The molecule has 0 spiro atoms. The van der Waals surface area contributed by atoms with Gasteiger partial charge in [0.25, 0.3) is 11.8 Å². The molecule has 0 bridgehead atoms. The highest BCUT2D eigenvalue weighted by molar-refractivity contribution is 8.76. The van der Waals surface area contributed by atoms with E-state index < -0.39 is 24.0 Å². The number of nitrogens with one attached hydrogen (secondary N) is 2. The molecule has 0 aliphatic heterocycles. The Morgan fingerprint density at radius 2 is 1.00 bits per heavy atom. The molecule has 0 unspecified atom stereocenters. The number of amides is 2. The van der Waals surface area contributed by atoms with E-state index in [1.165, 1.54) is 33.7 Å². The molecular formula is C28H32N2O6S2. The molecule has 202 valence electrons. The molecule has 0 heterocycles. The van der Waals surface area contributed by atoms with E-state index in [0.29, 0.717) is 20.9 Å². The van der Waals surface area contributed by atoms with Gasteiger partial charge >= 0.3 is 11.9 Å². The lowest BCUT2D eigenvalue weighted by Gasteiger charge is -2.20. The molecule has 0 saturated heterocycles. The van der Waals surface area contributed by atoms with E-state index in [4.69, 9.17) is 10.2 Å². The molecule has 2 amide bonds. The predicted molar refractivity (Wildman–Crippen MR) is 150 cm³/mol. The van der Waals surface area contributed by atoms with Crippen LogP contribution in [-0.2, 0) is 9.59 Å². The number of aliphatic carboxylic acids is 2. The predicted octanol–water partition coefficient (Wildman–Crippen LogP) is 5.28. The molecule has 0 saturated carbocycles. The Morgan fingerprint density at radius 3 is 1.32 bits per heavy atom. The topological polar surface area (TPSA) is 133 Å². The Kier molecular flexibility index (Phi) is 12.2. The zero-order valence-corrected chi connectivity index (χ0v) is 23.2. The van der Waals surface area contributed by atoms with Gasteiger partial charge in [-0.25, -0.2) is 9.59 Å². The second-order valence-electron chi connectivity index (χ2n) is 9.04. The minimum absolute atomic E-state index is 0.0193. The molecule has 8 nitrogen and oxygen atoms in total. The monoisotopic (exact) mass is 556 g/mol. The van der Waals surface area contributed by atoms with Gasteiger partial charge in [0.2, 0.25) is 0 Å². The smallest absolute Gasteiger partial charge is 0.328 e. The summed E-state index contributed by atoms with van der Waals surface area (Å²) in [6.45, 7) is 7.54. The largest absolute Gasteiger partial charge is 0.478 e. The van der Waals surface area contributed by atoms with E-state index in [2.05, 4.69) is 10.6 Å². The summed E-state index contributed by atoms with van der Waals surface area (Å²) in [7, 11) is 2.65. The Morgan fingerprint density at radius 1 is 0.658 bits per heavy atom. The van der Waals surface area contributed by atoms with Gasteiger partial charge in [0, 0.05) is 21.9 Å². The van der Waals surface area contributed by atoms with Crippen LogP contribution in [0.5, 0.6) is 0 Å². The highest BCUT2D eigenvalue weighted by Gasteiger charge is 2.20. The van der Waals surface area contributed by atoms with Crippen molar-refractivity contribution in [3.63, 3.8) is 0 Å². The van der Waals surface area contributed by atoms with E-state index >= 15 is 0 Å². The molecule has 4 N–H and O–H groups in total. The Hall–Kier alpha value is -3.50. The molecule has 0 radical (unpaired) electrons. The first-order valence-corrected chi connectivity index (χ1v) is 14.1. The third-order valence-corrected chi connectivity index (χ3v) is 7.89. The van der Waals surface area contributed by atoms with Crippen molar-refractivity contribution >= 4 is 45.3 Å². The summed E-state index contributed by atoms with van der Waals surface area (Å²) < 4.78 is 0. The minimum atomic E-state index is -1.09. The van der Waals surface area contributed by atoms with Crippen LogP contribution in [-0.4, -0.2) is 46.0 Å². The lowest BCUT2D eigenvalue weighted by atomic mass is 10.0. The van der Waals surface area contributed by atoms with Gasteiger partial charge in [0.15, 0.2) is 0 Å². The van der Waals surface area contributed by atoms with Crippen molar-refractivity contribution in [2.24, 2.45) is 11.8 Å². The van der Waals surface area contributed by atoms with E-state index in [1.807, 2.05) is 39.8 Å². The van der Waals surface area contributed by atoms with Crippen molar-refractivity contribution in [1.29, 1.82) is 0 Å². The SMILES string of the molecule is CC(C)[C@@H](/C=C/C(=O)O)NC(=O)c1ccccc1SSc1ccccc1C(=O)N[C@H](/C=C/C(=O)O)C(C)C. The highest BCUT2D eigenvalue weighted by Crippen LogP contribution is 2.40. The van der Waals surface area contributed by atoms with Crippen molar-refractivity contribution in [3.8, 4) is 0 Å². The van der Waals surface area contributed by atoms with Gasteiger partial charge in [-0.1, -0.05) is 85.7 Å². The quantitative estimate of drug-likeness (QED) is 0.194. The van der Waals surface area contributed by atoms with Crippen LogP contribution in [0.2, 0.25) is 0 Å². The lowest BCUT2D eigenvalue weighted by molar-refractivity contribution is -0.132. The van der Waals surface area contributed by atoms with Crippen molar-refractivity contribution in [3.05, 3.63) is 84.0 Å². The number of hydrogen-bond donors (Lipinski definition) is 4. The van der Waals surface area contributed by atoms with Crippen LogP contribution in [0.25, 0.3) is 0 Å². The van der Waals surface area contributed by atoms with Crippen LogP contribution in [0.3, 0.4) is 0 Å². The van der Waals surface area contributed by atoms with Gasteiger partial charge in [-0.15, -0.1) is 0 Å². The van der Waals surface area contributed by atoms with Crippen molar-refractivity contribution in [1.82, 2.24) is 10.6 Å².